The highest BCUT2D eigenvalue weighted by atomic mass is 16.5. The number of morpholine rings is 1. The van der Waals surface area contributed by atoms with E-state index in [1.54, 1.807) is 21.6 Å². The molecule has 3 heterocycles. The summed E-state index contributed by atoms with van der Waals surface area (Å²) in [5.41, 5.74) is 0. The summed E-state index contributed by atoms with van der Waals surface area (Å²) in [6.45, 7) is 3.12. The van der Waals surface area contributed by atoms with Gasteiger partial charge in [0.1, 0.15) is 6.10 Å². The second kappa shape index (κ2) is 8.34. The fraction of sp³-hybridized carbons (Fsp3) is 0.800. The molecule has 0 unspecified atom stereocenters. The van der Waals surface area contributed by atoms with Crippen molar-refractivity contribution >= 4 is 11.8 Å². The summed E-state index contributed by atoms with van der Waals surface area (Å²) < 4.78 is 12.4. The smallest absolute Gasteiger partial charge is 0.242 e. The van der Waals surface area contributed by atoms with E-state index >= 15 is 0 Å². The summed E-state index contributed by atoms with van der Waals surface area (Å²) in [5, 5.41) is 11.7. The highest BCUT2D eigenvalue weighted by Crippen LogP contribution is 2.20. The number of carbonyl (C=O) groups is 2. The second-order valence-corrected chi connectivity index (χ2v) is 6.22. The van der Waals surface area contributed by atoms with Crippen molar-refractivity contribution in [3.05, 3.63) is 5.82 Å². The monoisotopic (exact) mass is 352 g/mol. The van der Waals surface area contributed by atoms with E-state index in [9.17, 15) is 9.59 Å². The Morgan fingerprint density at radius 2 is 2.24 bits per heavy atom. The van der Waals surface area contributed by atoms with Crippen LogP contribution in [0.2, 0.25) is 0 Å². The molecule has 138 valence electrons. The lowest BCUT2D eigenvalue weighted by molar-refractivity contribution is -0.146. The van der Waals surface area contributed by atoms with Gasteiger partial charge in [-0.1, -0.05) is 0 Å². The van der Waals surface area contributed by atoms with Gasteiger partial charge in [-0.2, -0.15) is 0 Å². The van der Waals surface area contributed by atoms with Crippen LogP contribution in [0.5, 0.6) is 0 Å². The molecule has 3 rings (SSSR count). The predicted molar refractivity (Wildman–Crippen MR) is 85.4 cm³/mol. The Labute approximate surface area is 146 Å². The van der Waals surface area contributed by atoms with Gasteiger partial charge < -0.3 is 19.3 Å². The van der Waals surface area contributed by atoms with E-state index in [0.717, 1.165) is 12.8 Å². The molecule has 25 heavy (non-hydrogen) atoms. The number of amides is 2. The minimum absolute atomic E-state index is 0.0560. The summed E-state index contributed by atoms with van der Waals surface area (Å²) in [5.74, 6) is 0.594. The number of carbonyl (C=O) groups excluding carboxylic acids is 2. The van der Waals surface area contributed by atoms with Crippen LogP contribution in [0, 0.1) is 0 Å². The number of aromatic nitrogens is 4. The lowest BCUT2D eigenvalue weighted by atomic mass is 10.1. The molecule has 1 atom stereocenters. The number of likely N-dealkylation sites (tertiary alicyclic amines) is 1. The molecule has 0 radical (unpaired) electrons. The first-order chi connectivity index (χ1) is 12.2. The Morgan fingerprint density at radius 1 is 1.36 bits per heavy atom. The number of rotatable bonds is 6. The van der Waals surface area contributed by atoms with Crippen molar-refractivity contribution in [3.63, 3.8) is 0 Å². The third-order valence-electron chi connectivity index (χ3n) is 4.52. The zero-order valence-corrected chi connectivity index (χ0v) is 14.5. The number of hydrogen-bond acceptors (Lipinski definition) is 7. The Hall–Kier alpha value is -2.07. The van der Waals surface area contributed by atoms with E-state index in [2.05, 4.69) is 15.5 Å². The maximum Gasteiger partial charge on any atom is 0.242 e. The van der Waals surface area contributed by atoms with Gasteiger partial charge in [0, 0.05) is 26.6 Å². The highest BCUT2D eigenvalue weighted by molar-refractivity contribution is 5.85. The van der Waals surface area contributed by atoms with Crippen LogP contribution in [0.3, 0.4) is 0 Å². The zero-order chi connectivity index (χ0) is 17.6. The van der Waals surface area contributed by atoms with Gasteiger partial charge in [-0.25, -0.2) is 4.68 Å². The van der Waals surface area contributed by atoms with Gasteiger partial charge in [0.25, 0.3) is 0 Å². The third-order valence-corrected chi connectivity index (χ3v) is 4.52. The van der Waals surface area contributed by atoms with Crippen molar-refractivity contribution in [3.8, 4) is 0 Å². The van der Waals surface area contributed by atoms with Crippen LogP contribution in [0.1, 0.15) is 31.2 Å². The van der Waals surface area contributed by atoms with E-state index < -0.39 is 0 Å². The molecular weight excluding hydrogens is 328 g/mol. The van der Waals surface area contributed by atoms with Crippen LogP contribution in [-0.2, 0) is 25.6 Å². The first-order valence-corrected chi connectivity index (χ1v) is 8.61. The SMILES string of the molecule is COCCn1nnnc1[C@@H]1CN(C(=O)CN2CCCCC2=O)CCO1. The van der Waals surface area contributed by atoms with Gasteiger partial charge in [0.05, 0.1) is 32.8 Å². The van der Waals surface area contributed by atoms with Gasteiger partial charge in [0.15, 0.2) is 5.82 Å². The summed E-state index contributed by atoms with van der Waals surface area (Å²) in [6.07, 6.45) is 2.03. The summed E-state index contributed by atoms with van der Waals surface area (Å²) >= 11 is 0. The van der Waals surface area contributed by atoms with Crippen LogP contribution >= 0.6 is 0 Å². The molecule has 1 aromatic rings. The van der Waals surface area contributed by atoms with Crippen molar-refractivity contribution in [2.24, 2.45) is 0 Å². The van der Waals surface area contributed by atoms with E-state index in [1.165, 1.54) is 0 Å². The van der Waals surface area contributed by atoms with E-state index in [1.807, 2.05) is 0 Å². The first kappa shape index (κ1) is 17.7. The minimum atomic E-state index is -0.374. The van der Waals surface area contributed by atoms with Crippen molar-refractivity contribution < 1.29 is 19.1 Å². The second-order valence-electron chi connectivity index (χ2n) is 6.22. The summed E-state index contributed by atoms with van der Waals surface area (Å²) in [7, 11) is 1.61. The number of tetrazole rings is 1. The lowest BCUT2D eigenvalue weighted by Gasteiger charge is -2.34. The number of nitrogens with zero attached hydrogens (tertiary/aromatic N) is 6. The van der Waals surface area contributed by atoms with Crippen molar-refractivity contribution in [1.29, 1.82) is 0 Å². The van der Waals surface area contributed by atoms with Crippen LogP contribution < -0.4 is 0 Å². The summed E-state index contributed by atoms with van der Waals surface area (Å²) in [6, 6.07) is 0. The number of methoxy groups -OCH3 is 1. The van der Waals surface area contributed by atoms with Gasteiger partial charge >= 0.3 is 0 Å². The van der Waals surface area contributed by atoms with E-state index in [-0.39, 0.29) is 24.5 Å². The fourth-order valence-corrected chi connectivity index (χ4v) is 3.10. The van der Waals surface area contributed by atoms with Crippen LogP contribution in [0.25, 0.3) is 0 Å². The molecule has 10 nitrogen and oxygen atoms in total. The summed E-state index contributed by atoms with van der Waals surface area (Å²) in [4.78, 5) is 27.9. The molecule has 0 saturated carbocycles. The molecule has 2 aliphatic heterocycles. The van der Waals surface area contributed by atoms with E-state index in [4.69, 9.17) is 9.47 Å². The van der Waals surface area contributed by atoms with E-state index in [0.29, 0.717) is 51.6 Å². The number of ether oxygens (including phenoxy) is 2. The molecule has 1 aromatic heterocycles. The molecule has 0 spiro atoms. The maximum atomic E-state index is 12.6. The van der Waals surface area contributed by atoms with Crippen molar-refractivity contribution in [1.82, 2.24) is 30.0 Å². The van der Waals surface area contributed by atoms with Gasteiger partial charge in [0.2, 0.25) is 11.8 Å². The molecule has 2 saturated heterocycles. The van der Waals surface area contributed by atoms with Gasteiger partial charge in [-0.15, -0.1) is 5.10 Å². The lowest BCUT2D eigenvalue weighted by Crippen LogP contribution is -2.49. The quantitative estimate of drug-likeness (QED) is 0.662. The number of hydrogen-bond donors (Lipinski definition) is 0. The molecular formula is C15H24N6O4. The standard InChI is InChI=1S/C15H24N6O4/c1-24-8-7-21-15(16-17-18-21)12-10-20(6-9-25-12)14(23)11-19-5-3-2-4-13(19)22/h12H,2-11H2,1H3/t12-/m0/s1. The predicted octanol–water partition coefficient (Wildman–Crippen LogP) is -0.768. The molecule has 2 aliphatic rings. The molecule has 0 aromatic carbocycles. The number of piperidine rings is 1. The minimum Gasteiger partial charge on any atom is -0.383 e. The normalized spacial score (nSPS) is 21.6. The molecule has 0 bridgehead atoms. The Morgan fingerprint density at radius 3 is 3.04 bits per heavy atom. The van der Waals surface area contributed by atoms with Gasteiger partial charge in [-0.3, -0.25) is 9.59 Å². The molecule has 0 N–H and O–H groups in total. The Bertz CT molecular complexity index is 607. The van der Waals surface area contributed by atoms with Crippen LogP contribution in [0.15, 0.2) is 0 Å². The Balaban J connectivity index is 1.60. The average Bonchev–Trinajstić information content (AvgIpc) is 3.10. The molecule has 2 fully saturated rings. The van der Waals surface area contributed by atoms with Gasteiger partial charge in [-0.05, 0) is 23.3 Å². The van der Waals surface area contributed by atoms with Crippen molar-refractivity contribution in [2.45, 2.75) is 31.9 Å². The average molecular weight is 352 g/mol. The molecule has 2 amide bonds. The Kier molecular flexibility index (Phi) is 5.92. The first-order valence-electron chi connectivity index (χ1n) is 8.61. The largest absolute Gasteiger partial charge is 0.383 e. The van der Waals surface area contributed by atoms with Crippen LogP contribution in [0.4, 0.5) is 0 Å². The maximum absolute atomic E-state index is 12.6. The fourth-order valence-electron chi connectivity index (χ4n) is 3.10. The zero-order valence-electron chi connectivity index (χ0n) is 14.5. The highest BCUT2D eigenvalue weighted by Gasteiger charge is 2.31. The van der Waals surface area contributed by atoms with Crippen LogP contribution in [-0.4, -0.2) is 88.3 Å². The topological polar surface area (TPSA) is 103 Å². The molecule has 10 heteroatoms. The third kappa shape index (κ3) is 4.31. The van der Waals surface area contributed by atoms with Crippen molar-refractivity contribution in [2.75, 3.05) is 46.5 Å². The molecule has 0 aliphatic carbocycles.